The molecule has 1 aliphatic rings. The lowest BCUT2D eigenvalue weighted by Gasteiger charge is -2.37. The summed E-state index contributed by atoms with van der Waals surface area (Å²) >= 11 is 6.38. The third-order valence-corrected chi connectivity index (χ3v) is 5.39. The Morgan fingerprint density at radius 3 is 2.33 bits per heavy atom. The van der Waals surface area contributed by atoms with E-state index < -0.39 is 17.4 Å². The standard InChI is InChI=1S/C21H22ClNO4/c22-17-9-5-4-8-16(17)21(10-12-27-13-11-21)20(26)23-18(19(24)25)14-15-6-2-1-3-7-15/h1-9,18H,10-14H2,(H,23,26)(H,24,25). The van der Waals surface area contributed by atoms with E-state index >= 15 is 0 Å². The van der Waals surface area contributed by atoms with E-state index in [1.165, 1.54) is 0 Å². The number of amides is 1. The molecular weight excluding hydrogens is 366 g/mol. The molecule has 2 aromatic carbocycles. The van der Waals surface area contributed by atoms with Crippen LogP contribution in [0.1, 0.15) is 24.0 Å². The van der Waals surface area contributed by atoms with Crippen molar-refractivity contribution >= 4 is 23.5 Å². The molecule has 0 radical (unpaired) electrons. The number of hydrogen-bond donors (Lipinski definition) is 2. The fraction of sp³-hybridized carbons (Fsp3) is 0.333. The van der Waals surface area contributed by atoms with Crippen LogP contribution in [0, 0.1) is 0 Å². The Balaban J connectivity index is 1.87. The SMILES string of the molecule is O=C(O)C(Cc1ccccc1)NC(=O)C1(c2ccccc2Cl)CCOCC1. The quantitative estimate of drug-likeness (QED) is 0.798. The predicted molar refractivity (Wildman–Crippen MR) is 103 cm³/mol. The third kappa shape index (κ3) is 4.31. The van der Waals surface area contributed by atoms with Crippen molar-refractivity contribution in [3.8, 4) is 0 Å². The average molecular weight is 388 g/mol. The molecule has 142 valence electrons. The molecule has 1 saturated heterocycles. The van der Waals surface area contributed by atoms with E-state index in [2.05, 4.69) is 5.32 Å². The molecule has 1 unspecified atom stereocenters. The Labute approximate surface area is 163 Å². The van der Waals surface area contributed by atoms with Gasteiger partial charge in [0.25, 0.3) is 0 Å². The second kappa shape index (κ2) is 8.55. The monoisotopic (exact) mass is 387 g/mol. The number of carboxylic acids is 1. The van der Waals surface area contributed by atoms with Crippen LogP contribution >= 0.6 is 11.6 Å². The lowest BCUT2D eigenvalue weighted by Crippen LogP contribution is -2.53. The van der Waals surface area contributed by atoms with E-state index in [4.69, 9.17) is 16.3 Å². The minimum Gasteiger partial charge on any atom is -0.480 e. The molecule has 0 bridgehead atoms. The Bertz CT molecular complexity index is 803. The van der Waals surface area contributed by atoms with Crippen LogP contribution in [-0.2, 0) is 26.2 Å². The number of carboxylic acid groups (broad SMARTS) is 1. The van der Waals surface area contributed by atoms with Gasteiger partial charge >= 0.3 is 5.97 Å². The van der Waals surface area contributed by atoms with Crippen molar-refractivity contribution in [2.24, 2.45) is 0 Å². The molecule has 2 N–H and O–H groups in total. The van der Waals surface area contributed by atoms with Crippen molar-refractivity contribution in [2.75, 3.05) is 13.2 Å². The Morgan fingerprint density at radius 1 is 1.07 bits per heavy atom. The van der Waals surface area contributed by atoms with Crippen molar-refractivity contribution < 1.29 is 19.4 Å². The number of nitrogens with one attached hydrogen (secondary N) is 1. The molecule has 1 aliphatic heterocycles. The highest BCUT2D eigenvalue weighted by atomic mass is 35.5. The van der Waals surface area contributed by atoms with E-state index in [1.807, 2.05) is 48.5 Å². The maximum atomic E-state index is 13.3. The second-order valence-corrected chi connectivity index (χ2v) is 7.14. The number of ether oxygens (including phenoxy) is 1. The number of carbonyl (C=O) groups is 2. The van der Waals surface area contributed by atoms with E-state index in [9.17, 15) is 14.7 Å². The topological polar surface area (TPSA) is 75.6 Å². The summed E-state index contributed by atoms with van der Waals surface area (Å²) in [5.41, 5.74) is 0.682. The highest BCUT2D eigenvalue weighted by Gasteiger charge is 2.44. The summed E-state index contributed by atoms with van der Waals surface area (Å²) < 4.78 is 5.44. The fourth-order valence-corrected chi connectivity index (χ4v) is 3.85. The van der Waals surface area contributed by atoms with Gasteiger partial charge in [0, 0.05) is 24.7 Å². The summed E-state index contributed by atoms with van der Waals surface area (Å²) in [6, 6.07) is 15.5. The van der Waals surface area contributed by atoms with Crippen LogP contribution in [-0.4, -0.2) is 36.2 Å². The normalized spacial score (nSPS) is 17.1. The third-order valence-electron chi connectivity index (χ3n) is 5.06. The first-order valence-corrected chi connectivity index (χ1v) is 9.31. The number of hydrogen-bond acceptors (Lipinski definition) is 3. The molecule has 1 atom stereocenters. The first-order valence-electron chi connectivity index (χ1n) is 8.93. The number of carbonyl (C=O) groups excluding carboxylic acids is 1. The fourth-order valence-electron chi connectivity index (χ4n) is 3.53. The predicted octanol–water partition coefficient (Wildman–Crippen LogP) is 3.20. The number of rotatable bonds is 6. The van der Waals surface area contributed by atoms with Crippen LogP contribution in [0.25, 0.3) is 0 Å². The van der Waals surface area contributed by atoms with E-state index in [1.54, 1.807) is 6.07 Å². The van der Waals surface area contributed by atoms with Gasteiger partial charge in [-0.1, -0.05) is 60.1 Å². The number of benzene rings is 2. The van der Waals surface area contributed by atoms with Gasteiger partial charge in [0.15, 0.2) is 0 Å². The van der Waals surface area contributed by atoms with E-state index in [0.717, 1.165) is 11.1 Å². The molecule has 0 aromatic heterocycles. The summed E-state index contributed by atoms with van der Waals surface area (Å²) in [6.45, 7) is 0.851. The largest absolute Gasteiger partial charge is 0.480 e. The Morgan fingerprint density at radius 2 is 1.70 bits per heavy atom. The van der Waals surface area contributed by atoms with Gasteiger partial charge in [-0.3, -0.25) is 4.79 Å². The lowest BCUT2D eigenvalue weighted by molar-refractivity contribution is -0.143. The summed E-state index contributed by atoms with van der Waals surface area (Å²) in [5, 5.41) is 12.9. The van der Waals surface area contributed by atoms with Crippen molar-refractivity contribution in [3.05, 3.63) is 70.7 Å². The van der Waals surface area contributed by atoms with Gasteiger partial charge in [0.1, 0.15) is 6.04 Å². The Hall–Kier alpha value is -2.37. The van der Waals surface area contributed by atoms with Crippen LogP contribution in [0.4, 0.5) is 0 Å². The molecule has 1 amide bonds. The first kappa shape index (κ1) is 19.4. The minimum atomic E-state index is -1.06. The molecule has 1 heterocycles. The maximum Gasteiger partial charge on any atom is 0.326 e. The zero-order valence-electron chi connectivity index (χ0n) is 14.9. The molecule has 3 rings (SSSR count). The highest BCUT2D eigenvalue weighted by Crippen LogP contribution is 2.39. The average Bonchev–Trinajstić information content (AvgIpc) is 2.69. The Kier molecular flexibility index (Phi) is 6.14. The van der Waals surface area contributed by atoms with Gasteiger partial charge in [0.2, 0.25) is 5.91 Å². The van der Waals surface area contributed by atoms with Crippen LogP contribution in [0.15, 0.2) is 54.6 Å². The van der Waals surface area contributed by atoms with E-state index in [0.29, 0.717) is 31.1 Å². The van der Waals surface area contributed by atoms with Crippen LogP contribution in [0.5, 0.6) is 0 Å². The van der Waals surface area contributed by atoms with Crippen LogP contribution in [0.3, 0.4) is 0 Å². The molecule has 5 nitrogen and oxygen atoms in total. The van der Waals surface area contributed by atoms with Crippen LogP contribution in [0.2, 0.25) is 5.02 Å². The first-order chi connectivity index (χ1) is 13.0. The second-order valence-electron chi connectivity index (χ2n) is 6.73. The van der Waals surface area contributed by atoms with Gasteiger partial charge in [-0.05, 0) is 30.0 Å². The highest BCUT2D eigenvalue weighted by molar-refractivity contribution is 6.31. The summed E-state index contributed by atoms with van der Waals surface area (Å²) in [5.74, 6) is -1.38. The maximum absolute atomic E-state index is 13.3. The summed E-state index contributed by atoms with van der Waals surface area (Å²) in [6.07, 6.45) is 1.14. The van der Waals surface area contributed by atoms with Crippen molar-refractivity contribution in [1.29, 1.82) is 0 Å². The van der Waals surface area contributed by atoms with Gasteiger partial charge in [0.05, 0.1) is 5.41 Å². The molecule has 0 saturated carbocycles. The van der Waals surface area contributed by atoms with Crippen molar-refractivity contribution in [1.82, 2.24) is 5.32 Å². The van der Waals surface area contributed by atoms with Crippen molar-refractivity contribution in [2.45, 2.75) is 30.7 Å². The molecule has 0 spiro atoms. The van der Waals surface area contributed by atoms with E-state index in [-0.39, 0.29) is 12.3 Å². The number of halogens is 1. The lowest BCUT2D eigenvalue weighted by atomic mass is 9.73. The molecular formula is C21H22ClNO4. The molecule has 2 aromatic rings. The zero-order chi connectivity index (χ0) is 19.3. The molecule has 0 aliphatic carbocycles. The smallest absolute Gasteiger partial charge is 0.326 e. The van der Waals surface area contributed by atoms with Crippen molar-refractivity contribution in [3.63, 3.8) is 0 Å². The number of aliphatic carboxylic acids is 1. The zero-order valence-corrected chi connectivity index (χ0v) is 15.6. The minimum absolute atomic E-state index is 0.219. The summed E-state index contributed by atoms with van der Waals surface area (Å²) in [7, 11) is 0. The van der Waals surface area contributed by atoms with Crippen LogP contribution < -0.4 is 5.32 Å². The molecule has 1 fully saturated rings. The molecule has 27 heavy (non-hydrogen) atoms. The van der Waals surface area contributed by atoms with Gasteiger partial charge in [-0.15, -0.1) is 0 Å². The summed E-state index contributed by atoms with van der Waals surface area (Å²) in [4.78, 5) is 25.1. The van der Waals surface area contributed by atoms with Gasteiger partial charge in [-0.25, -0.2) is 4.79 Å². The van der Waals surface area contributed by atoms with Gasteiger partial charge in [-0.2, -0.15) is 0 Å². The molecule has 6 heteroatoms. The van der Waals surface area contributed by atoms with Gasteiger partial charge < -0.3 is 15.2 Å².